The normalized spacial score (nSPS) is 19.2. The van der Waals surface area contributed by atoms with Crippen LogP contribution in [0.1, 0.15) is 13.8 Å². The Bertz CT molecular complexity index is 107. The molecule has 0 amide bonds. The highest BCUT2D eigenvalue weighted by molar-refractivity contribution is 4.89. The van der Waals surface area contributed by atoms with Gasteiger partial charge in [-0.05, 0) is 20.0 Å². The highest BCUT2D eigenvalue weighted by Gasteiger charge is 2.04. The summed E-state index contributed by atoms with van der Waals surface area (Å²) in [4.78, 5) is 2.27. The van der Waals surface area contributed by atoms with Crippen molar-refractivity contribution in [3.63, 3.8) is 0 Å². The molecule has 0 atom stereocenters. The molecule has 0 aromatic carbocycles. The lowest BCUT2D eigenvalue weighted by Gasteiger charge is -2.27. The van der Waals surface area contributed by atoms with Gasteiger partial charge in [-0.1, -0.05) is 6.08 Å². The molecule has 0 unspecified atom stereocenters. The van der Waals surface area contributed by atoms with Gasteiger partial charge < -0.3 is 4.90 Å². The standard InChI is InChI=1S/C7H14N2/c1-7(2)9-5-3-4-8-6-9/h3,5,7-8H,4,6H2,1-2H3. The van der Waals surface area contributed by atoms with E-state index in [9.17, 15) is 0 Å². The van der Waals surface area contributed by atoms with E-state index in [4.69, 9.17) is 0 Å². The third kappa shape index (κ3) is 1.72. The Morgan fingerprint density at radius 2 is 2.33 bits per heavy atom. The zero-order chi connectivity index (χ0) is 6.69. The van der Waals surface area contributed by atoms with Crippen LogP contribution in [0.2, 0.25) is 0 Å². The van der Waals surface area contributed by atoms with Crippen molar-refractivity contribution in [1.82, 2.24) is 10.2 Å². The van der Waals surface area contributed by atoms with E-state index in [1.165, 1.54) is 0 Å². The van der Waals surface area contributed by atoms with E-state index in [2.05, 4.69) is 36.3 Å². The molecule has 0 radical (unpaired) electrons. The second kappa shape index (κ2) is 2.87. The fourth-order valence-electron chi connectivity index (χ4n) is 0.872. The van der Waals surface area contributed by atoms with Crippen LogP contribution in [0.3, 0.4) is 0 Å². The largest absolute Gasteiger partial charge is 0.363 e. The van der Waals surface area contributed by atoms with Crippen LogP contribution in [-0.4, -0.2) is 24.2 Å². The molecule has 9 heavy (non-hydrogen) atoms. The SMILES string of the molecule is CC(C)N1C=CCNC1. The second-order valence-corrected chi connectivity index (χ2v) is 2.60. The van der Waals surface area contributed by atoms with Gasteiger partial charge in [-0.3, -0.25) is 5.32 Å². The van der Waals surface area contributed by atoms with E-state index in [0.29, 0.717) is 6.04 Å². The van der Waals surface area contributed by atoms with E-state index in [0.717, 1.165) is 13.2 Å². The fourth-order valence-corrected chi connectivity index (χ4v) is 0.872. The lowest BCUT2D eigenvalue weighted by Crippen LogP contribution is -2.38. The van der Waals surface area contributed by atoms with Crippen molar-refractivity contribution in [1.29, 1.82) is 0 Å². The van der Waals surface area contributed by atoms with Crippen molar-refractivity contribution in [2.24, 2.45) is 0 Å². The van der Waals surface area contributed by atoms with Crippen LogP contribution in [0.4, 0.5) is 0 Å². The molecule has 0 fully saturated rings. The predicted molar refractivity (Wildman–Crippen MR) is 39.0 cm³/mol. The first kappa shape index (κ1) is 6.62. The predicted octanol–water partition coefficient (Wildman–Crippen LogP) is 0.771. The minimum Gasteiger partial charge on any atom is -0.363 e. The molecule has 0 aliphatic carbocycles. The summed E-state index contributed by atoms with van der Waals surface area (Å²) >= 11 is 0. The molecule has 0 saturated heterocycles. The van der Waals surface area contributed by atoms with Crippen LogP contribution in [0, 0.1) is 0 Å². The molecule has 0 bridgehead atoms. The Morgan fingerprint density at radius 3 is 2.67 bits per heavy atom. The van der Waals surface area contributed by atoms with Crippen molar-refractivity contribution in [3.05, 3.63) is 12.3 Å². The molecule has 1 aliphatic rings. The van der Waals surface area contributed by atoms with Gasteiger partial charge in [0, 0.05) is 12.6 Å². The molecule has 0 aromatic heterocycles. The summed E-state index contributed by atoms with van der Waals surface area (Å²) in [5, 5.41) is 3.26. The first-order valence-corrected chi connectivity index (χ1v) is 3.44. The lowest BCUT2D eigenvalue weighted by atomic mass is 10.3. The maximum atomic E-state index is 3.26. The molecular weight excluding hydrogens is 112 g/mol. The van der Waals surface area contributed by atoms with Gasteiger partial charge in [-0.15, -0.1) is 0 Å². The Hall–Kier alpha value is -0.500. The minimum absolute atomic E-state index is 0.619. The molecule has 1 N–H and O–H groups in total. The highest BCUT2D eigenvalue weighted by Crippen LogP contribution is 1.99. The van der Waals surface area contributed by atoms with Gasteiger partial charge in [0.25, 0.3) is 0 Å². The second-order valence-electron chi connectivity index (χ2n) is 2.60. The first-order valence-electron chi connectivity index (χ1n) is 3.44. The van der Waals surface area contributed by atoms with Gasteiger partial charge in [0.1, 0.15) is 0 Å². The van der Waals surface area contributed by atoms with Crippen LogP contribution >= 0.6 is 0 Å². The number of hydrogen-bond acceptors (Lipinski definition) is 2. The molecule has 0 aromatic rings. The maximum absolute atomic E-state index is 3.26. The number of rotatable bonds is 1. The van der Waals surface area contributed by atoms with Gasteiger partial charge in [0.15, 0.2) is 0 Å². The lowest BCUT2D eigenvalue weighted by molar-refractivity contribution is 0.279. The number of hydrogen-bond donors (Lipinski definition) is 1. The topological polar surface area (TPSA) is 15.3 Å². The van der Waals surface area contributed by atoms with Gasteiger partial charge in [-0.25, -0.2) is 0 Å². The maximum Gasteiger partial charge on any atom is 0.0681 e. The van der Waals surface area contributed by atoms with Crippen LogP contribution in [0.25, 0.3) is 0 Å². The summed E-state index contributed by atoms with van der Waals surface area (Å²) < 4.78 is 0. The van der Waals surface area contributed by atoms with Crippen molar-refractivity contribution in [2.45, 2.75) is 19.9 Å². The van der Waals surface area contributed by atoms with Crippen LogP contribution < -0.4 is 5.32 Å². The molecule has 2 heteroatoms. The Morgan fingerprint density at radius 1 is 1.56 bits per heavy atom. The van der Waals surface area contributed by atoms with Crippen molar-refractivity contribution >= 4 is 0 Å². The van der Waals surface area contributed by atoms with Crippen molar-refractivity contribution in [3.8, 4) is 0 Å². The fraction of sp³-hybridized carbons (Fsp3) is 0.714. The first-order chi connectivity index (χ1) is 4.30. The monoisotopic (exact) mass is 126 g/mol. The van der Waals surface area contributed by atoms with Crippen LogP contribution in [-0.2, 0) is 0 Å². The van der Waals surface area contributed by atoms with Gasteiger partial charge in [0.05, 0.1) is 6.67 Å². The molecule has 0 saturated carbocycles. The van der Waals surface area contributed by atoms with Gasteiger partial charge in [0.2, 0.25) is 0 Å². The van der Waals surface area contributed by atoms with Crippen LogP contribution in [0.5, 0.6) is 0 Å². The van der Waals surface area contributed by atoms with Crippen LogP contribution in [0.15, 0.2) is 12.3 Å². The minimum atomic E-state index is 0.619. The molecule has 1 aliphatic heterocycles. The van der Waals surface area contributed by atoms with Crippen molar-refractivity contribution in [2.75, 3.05) is 13.2 Å². The molecule has 52 valence electrons. The Kier molecular flexibility index (Phi) is 2.11. The van der Waals surface area contributed by atoms with E-state index >= 15 is 0 Å². The van der Waals surface area contributed by atoms with Crippen molar-refractivity contribution < 1.29 is 0 Å². The third-order valence-electron chi connectivity index (χ3n) is 1.52. The molecular formula is C7H14N2. The quantitative estimate of drug-likeness (QED) is 0.558. The average Bonchev–Trinajstić information content (AvgIpc) is 1.90. The van der Waals surface area contributed by atoms with E-state index in [1.807, 2.05) is 0 Å². The number of nitrogens with one attached hydrogen (secondary N) is 1. The summed E-state index contributed by atoms with van der Waals surface area (Å²) in [6.45, 7) is 6.39. The van der Waals surface area contributed by atoms with E-state index < -0.39 is 0 Å². The highest BCUT2D eigenvalue weighted by atomic mass is 15.2. The summed E-state index contributed by atoms with van der Waals surface area (Å²) in [7, 11) is 0. The molecule has 0 spiro atoms. The zero-order valence-corrected chi connectivity index (χ0v) is 6.09. The average molecular weight is 126 g/mol. The molecule has 2 nitrogen and oxygen atoms in total. The van der Waals surface area contributed by atoms with E-state index in [1.54, 1.807) is 0 Å². The number of nitrogens with zero attached hydrogens (tertiary/aromatic N) is 1. The Labute approximate surface area is 56.5 Å². The Balaban J connectivity index is 2.40. The van der Waals surface area contributed by atoms with Gasteiger partial charge in [-0.2, -0.15) is 0 Å². The molecule has 1 rings (SSSR count). The summed E-state index contributed by atoms with van der Waals surface area (Å²) in [6, 6.07) is 0.619. The summed E-state index contributed by atoms with van der Waals surface area (Å²) in [5.74, 6) is 0. The third-order valence-corrected chi connectivity index (χ3v) is 1.52. The summed E-state index contributed by atoms with van der Waals surface area (Å²) in [6.07, 6.45) is 4.30. The smallest absolute Gasteiger partial charge is 0.0681 e. The zero-order valence-electron chi connectivity index (χ0n) is 6.09. The molecule has 1 heterocycles. The summed E-state index contributed by atoms with van der Waals surface area (Å²) in [5.41, 5.74) is 0. The van der Waals surface area contributed by atoms with Gasteiger partial charge >= 0.3 is 0 Å². The van der Waals surface area contributed by atoms with E-state index in [-0.39, 0.29) is 0 Å².